The Kier molecular flexibility index (Phi) is 7.53. The number of hydrogen-bond donors (Lipinski definition) is 0. The highest BCUT2D eigenvalue weighted by atomic mass is 16.3. The maximum Gasteiger partial charge on any atom is 0.164 e. The number of nitriles is 1. The van der Waals surface area contributed by atoms with E-state index in [1.165, 1.54) is 0 Å². The van der Waals surface area contributed by atoms with Crippen LogP contribution in [0.1, 0.15) is 12.4 Å². The van der Waals surface area contributed by atoms with Crippen LogP contribution in [0.2, 0.25) is 0 Å². The van der Waals surface area contributed by atoms with Crippen LogP contribution in [0.15, 0.2) is 229 Å². The predicted molar refractivity (Wildman–Crippen MR) is 291 cm³/mol. The van der Waals surface area contributed by atoms with Gasteiger partial charge in [-0.3, -0.25) is 0 Å². The van der Waals surface area contributed by atoms with Crippen molar-refractivity contribution in [2.24, 2.45) is 0 Å². The van der Waals surface area contributed by atoms with Crippen molar-refractivity contribution in [2.45, 2.75) is 0 Å². The highest BCUT2D eigenvalue weighted by Gasteiger charge is 2.24. The molecule has 72 heavy (non-hydrogen) atoms. The van der Waals surface area contributed by atoms with Crippen LogP contribution in [0.25, 0.3) is 139 Å². The molecule has 334 valence electrons. The van der Waals surface area contributed by atoms with Gasteiger partial charge in [-0.15, -0.1) is 0 Å². The van der Waals surface area contributed by atoms with E-state index in [-0.39, 0.29) is 23.0 Å². The van der Waals surface area contributed by atoms with E-state index in [9.17, 15) is 5.26 Å². The molecular weight excluding hydrogens is 883 g/mol. The molecule has 0 saturated heterocycles. The Morgan fingerprint density at radius 3 is 1.74 bits per heavy atom. The first-order valence-electron chi connectivity index (χ1n) is 26.1. The number of fused-ring (bicyclic) bond motifs is 13. The molecule has 0 atom stereocenters. The van der Waals surface area contributed by atoms with Crippen molar-refractivity contribution in [2.75, 3.05) is 0 Å². The highest BCUT2D eigenvalue weighted by Crippen LogP contribution is 2.44. The summed E-state index contributed by atoms with van der Waals surface area (Å²) in [5, 5.41) is 19.4. The van der Waals surface area contributed by atoms with Gasteiger partial charge in [0.25, 0.3) is 0 Å². The standard InChI is InChI=1S/C64H37N7O/c65-38-42-35-40(63-66-62(39-15-3-1-4-16-39)67-64(68-63)41-28-32-56-50(36-41)46-20-8-11-23-53(46)69(56)43-17-5-2-6-18-43)27-31-52(42)71-54-24-12-7-19-45(54)48-30-33-57-60(61(48)71)49-22-9-13-25-55(49)70(57)44-29-34-59-51(37-44)47-21-10-14-26-58(47)72-59/h1-37H/i1D,3D,4D,15D,16D. The second-order valence-electron chi connectivity index (χ2n) is 17.9. The number of nitrogens with zero attached hydrogens (tertiary/aromatic N) is 7. The van der Waals surface area contributed by atoms with E-state index in [4.69, 9.17) is 26.2 Å². The molecule has 15 rings (SSSR count). The van der Waals surface area contributed by atoms with E-state index in [0.717, 1.165) is 98.7 Å². The van der Waals surface area contributed by atoms with E-state index >= 15 is 0 Å². The lowest BCUT2D eigenvalue weighted by Gasteiger charge is -2.13. The van der Waals surface area contributed by atoms with Gasteiger partial charge >= 0.3 is 0 Å². The van der Waals surface area contributed by atoms with Gasteiger partial charge in [0.15, 0.2) is 17.5 Å². The number of rotatable bonds is 6. The van der Waals surface area contributed by atoms with Crippen molar-refractivity contribution in [1.29, 1.82) is 5.26 Å². The van der Waals surface area contributed by atoms with Crippen LogP contribution in [-0.2, 0) is 0 Å². The largest absolute Gasteiger partial charge is 0.456 e. The summed E-state index contributed by atoms with van der Waals surface area (Å²) in [7, 11) is 0. The normalized spacial score (nSPS) is 12.8. The van der Waals surface area contributed by atoms with Crippen LogP contribution in [0.5, 0.6) is 0 Å². The second-order valence-corrected chi connectivity index (χ2v) is 17.9. The van der Waals surface area contributed by atoms with Crippen LogP contribution in [0.4, 0.5) is 0 Å². The molecule has 0 radical (unpaired) electrons. The van der Waals surface area contributed by atoms with Gasteiger partial charge in [-0.1, -0.05) is 127 Å². The van der Waals surface area contributed by atoms with Gasteiger partial charge in [-0.05, 0) is 97.1 Å². The zero-order valence-corrected chi connectivity index (χ0v) is 38.0. The Balaban J connectivity index is 0.947. The average molecular weight is 925 g/mol. The van der Waals surface area contributed by atoms with E-state index in [1.807, 2.05) is 97.1 Å². The van der Waals surface area contributed by atoms with Crippen molar-refractivity contribution < 1.29 is 11.3 Å². The number of aromatic nitrogens is 6. The molecule has 5 heterocycles. The molecule has 0 saturated carbocycles. The van der Waals surface area contributed by atoms with Gasteiger partial charge in [0, 0.05) is 71.2 Å². The molecule has 0 bridgehead atoms. The SMILES string of the molecule is [2H]c1c([2H])c([2H])c(-c2nc(-c3ccc(-n4c5ccccc5c5ccc6c(c7ccccc7n6-c6ccc7oc8ccccc8c7c6)c54)c(C#N)c3)nc(-c3ccc4c(c3)c3ccccc3n4-c3ccccc3)n2)c([2H])c1[2H]. The van der Waals surface area contributed by atoms with Crippen molar-refractivity contribution in [1.82, 2.24) is 28.7 Å². The maximum absolute atomic E-state index is 11.3. The molecule has 0 fully saturated rings. The third-order valence-electron chi connectivity index (χ3n) is 14.0. The molecule has 8 heteroatoms. The summed E-state index contributed by atoms with van der Waals surface area (Å²) < 4.78 is 56.5. The van der Waals surface area contributed by atoms with Crippen molar-refractivity contribution in [3.05, 3.63) is 230 Å². The summed E-state index contributed by atoms with van der Waals surface area (Å²) in [6, 6.07) is 65.3. The average Bonchev–Trinajstić information content (AvgIpc) is 4.25. The van der Waals surface area contributed by atoms with Crippen molar-refractivity contribution >= 4 is 87.4 Å². The van der Waals surface area contributed by atoms with Crippen LogP contribution in [0.3, 0.4) is 0 Å². The number of furan rings is 1. The Morgan fingerprint density at radius 1 is 0.403 bits per heavy atom. The quantitative estimate of drug-likeness (QED) is 0.166. The molecule has 0 N–H and O–H groups in total. The first-order valence-corrected chi connectivity index (χ1v) is 23.6. The van der Waals surface area contributed by atoms with E-state index in [1.54, 1.807) is 6.07 Å². The molecular formula is C64H37N7O. The van der Waals surface area contributed by atoms with Crippen LogP contribution < -0.4 is 0 Å². The monoisotopic (exact) mass is 924 g/mol. The molecule has 5 aromatic heterocycles. The molecule has 0 unspecified atom stereocenters. The van der Waals surface area contributed by atoms with Crippen LogP contribution in [0, 0.1) is 11.3 Å². The van der Waals surface area contributed by atoms with Gasteiger partial charge in [-0.2, -0.15) is 5.26 Å². The second kappa shape index (κ2) is 15.5. The summed E-state index contributed by atoms with van der Waals surface area (Å²) in [5.41, 5.74) is 11.4. The van der Waals surface area contributed by atoms with Crippen LogP contribution in [-0.4, -0.2) is 28.7 Å². The summed E-state index contributed by atoms with van der Waals surface area (Å²) in [6.45, 7) is 0. The zero-order valence-electron chi connectivity index (χ0n) is 43.0. The highest BCUT2D eigenvalue weighted by molar-refractivity contribution is 6.26. The lowest BCUT2D eigenvalue weighted by molar-refractivity contribution is 0.669. The molecule has 0 aliphatic heterocycles. The Labute approximate surface area is 418 Å². The fourth-order valence-electron chi connectivity index (χ4n) is 10.9. The smallest absolute Gasteiger partial charge is 0.164 e. The maximum atomic E-state index is 11.3. The molecule has 15 aromatic rings. The fraction of sp³-hybridized carbons (Fsp3) is 0. The minimum Gasteiger partial charge on any atom is -0.456 e. The van der Waals surface area contributed by atoms with Gasteiger partial charge < -0.3 is 18.1 Å². The Bertz CT molecular complexity index is 5060. The van der Waals surface area contributed by atoms with E-state index in [0.29, 0.717) is 22.4 Å². The summed E-state index contributed by atoms with van der Waals surface area (Å²) in [4.78, 5) is 14.8. The van der Waals surface area contributed by atoms with E-state index < -0.39 is 30.2 Å². The zero-order chi connectivity index (χ0) is 51.8. The molecule has 8 nitrogen and oxygen atoms in total. The van der Waals surface area contributed by atoms with Gasteiger partial charge in [0.1, 0.15) is 17.2 Å². The van der Waals surface area contributed by atoms with Gasteiger partial charge in [0.05, 0.1) is 51.2 Å². The summed E-state index contributed by atoms with van der Waals surface area (Å²) in [5.74, 6) is 0.276. The Morgan fingerprint density at radius 2 is 0.972 bits per heavy atom. The lowest BCUT2D eigenvalue weighted by atomic mass is 10.1. The third kappa shape index (κ3) is 5.89. The fourth-order valence-corrected chi connectivity index (χ4v) is 10.9. The molecule has 0 aliphatic rings. The minimum absolute atomic E-state index is 0.0994. The first-order chi connectivity index (χ1) is 37.7. The third-order valence-corrected chi connectivity index (χ3v) is 14.0. The van der Waals surface area contributed by atoms with E-state index in [2.05, 4.69) is 111 Å². The molecule has 0 spiro atoms. The topological polar surface area (TPSA) is 90.4 Å². The Hall–Kier alpha value is -10.1. The van der Waals surface area contributed by atoms with Crippen molar-refractivity contribution in [3.63, 3.8) is 0 Å². The van der Waals surface area contributed by atoms with Crippen molar-refractivity contribution in [3.8, 4) is 57.3 Å². The summed E-state index contributed by atoms with van der Waals surface area (Å²) >= 11 is 0. The number of hydrogen-bond acceptors (Lipinski definition) is 5. The van der Waals surface area contributed by atoms with Gasteiger partial charge in [-0.25, -0.2) is 15.0 Å². The first kappa shape index (κ1) is 35.1. The summed E-state index contributed by atoms with van der Waals surface area (Å²) in [6.07, 6.45) is 0. The minimum atomic E-state index is -0.524. The van der Waals surface area contributed by atoms with Crippen LogP contribution >= 0.6 is 0 Å². The number of para-hydroxylation sites is 5. The lowest BCUT2D eigenvalue weighted by Crippen LogP contribution is -2.02. The predicted octanol–water partition coefficient (Wildman–Crippen LogP) is 15.9. The molecule has 0 amide bonds. The van der Waals surface area contributed by atoms with Gasteiger partial charge in [0.2, 0.25) is 0 Å². The number of benzene rings is 10. The molecule has 0 aliphatic carbocycles. The molecule has 10 aromatic carbocycles.